The number of rotatable bonds is 1. The molecule has 0 aliphatic rings. The number of hydrogen-bond donors (Lipinski definition) is 3. The van der Waals surface area contributed by atoms with E-state index in [0.29, 0.717) is 0 Å². The summed E-state index contributed by atoms with van der Waals surface area (Å²) in [7, 11) is -5.84. The summed E-state index contributed by atoms with van der Waals surface area (Å²) in [5, 5.41) is 9.07. The highest BCUT2D eigenvalue weighted by Crippen LogP contribution is 2.23. The molecule has 108 valence electrons. The normalized spacial score (nSPS) is 11.4. The Kier molecular flexibility index (Phi) is 5.60. The second-order valence-corrected chi connectivity index (χ2v) is 4.77. The Labute approximate surface area is 110 Å². The first kappa shape index (κ1) is 17.5. The fourth-order valence-electron chi connectivity index (χ4n) is 0.660. The van der Waals surface area contributed by atoms with Crippen LogP contribution in [0.4, 0.5) is 13.2 Å². The van der Waals surface area contributed by atoms with Gasteiger partial charge in [0.05, 0.1) is 5.02 Å². The smallest absolute Gasteiger partial charge is 0.506 e. The Hall–Kier alpha value is -1.52. The average Bonchev–Trinajstić information content (AvgIpc) is 2.19. The highest BCUT2D eigenvalue weighted by Gasteiger charge is 2.44. The number of carbonyl (C=O) groups excluding carboxylic acids is 1. The molecule has 0 aliphatic carbocycles. The number of nitrogens with two attached hydrogens (primary N) is 1. The van der Waals surface area contributed by atoms with Crippen molar-refractivity contribution >= 4 is 27.6 Å². The van der Waals surface area contributed by atoms with E-state index < -0.39 is 21.5 Å². The Morgan fingerprint density at radius 1 is 1.32 bits per heavy atom. The zero-order valence-corrected chi connectivity index (χ0v) is 10.4. The first-order chi connectivity index (χ1) is 8.36. The number of carbonyl (C=O) groups is 1. The molecular formula is C8H7ClF3NO5S. The molecule has 0 aromatic heterocycles. The standard InChI is InChI=1S/C7H6ClNO2.CHF3O3S/c8-5-3-4(7(9)11)1-2-6(5)10;2-1(3,4)8(5,6)7/h1-3,10H,(H2,9,11);(H,5,6,7). The lowest BCUT2D eigenvalue weighted by Crippen LogP contribution is -2.21. The zero-order chi connectivity index (χ0) is 15.4. The zero-order valence-electron chi connectivity index (χ0n) is 8.85. The number of alkyl halides is 3. The van der Waals surface area contributed by atoms with Gasteiger partial charge in [0, 0.05) is 5.56 Å². The van der Waals surface area contributed by atoms with Gasteiger partial charge in [0.25, 0.3) is 0 Å². The van der Waals surface area contributed by atoms with Crippen LogP contribution in [-0.2, 0) is 10.1 Å². The Morgan fingerprint density at radius 2 is 1.74 bits per heavy atom. The topological polar surface area (TPSA) is 118 Å². The molecule has 0 saturated carbocycles. The minimum absolute atomic E-state index is 0.0586. The monoisotopic (exact) mass is 321 g/mol. The summed E-state index contributed by atoms with van der Waals surface area (Å²) >= 11 is 5.50. The molecule has 0 heterocycles. The third kappa shape index (κ3) is 5.77. The third-order valence-corrected chi connectivity index (χ3v) is 2.41. The van der Waals surface area contributed by atoms with Crippen LogP contribution < -0.4 is 5.73 Å². The fourth-order valence-corrected chi connectivity index (χ4v) is 0.841. The summed E-state index contributed by atoms with van der Waals surface area (Å²) in [4.78, 5) is 10.5. The molecule has 0 aliphatic heterocycles. The second-order valence-electron chi connectivity index (χ2n) is 2.95. The van der Waals surface area contributed by atoms with Crippen LogP contribution in [-0.4, -0.2) is 29.5 Å². The molecule has 0 radical (unpaired) electrons. The van der Waals surface area contributed by atoms with Crippen LogP contribution in [0.5, 0.6) is 5.75 Å². The van der Waals surface area contributed by atoms with E-state index in [0.717, 1.165) is 0 Å². The van der Waals surface area contributed by atoms with Crippen molar-refractivity contribution in [1.82, 2.24) is 0 Å². The second kappa shape index (κ2) is 6.08. The molecule has 0 bridgehead atoms. The first-order valence-electron chi connectivity index (χ1n) is 4.18. The quantitative estimate of drug-likeness (QED) is 0.535. The van der Waals surface area contributed by atoms with Gasteiger partial charge < -0.3 is 10.8 Å². The van der Waals surface area contributed by atoms with Crippen molar-refractivity contribution in [1.29, 1.82) is 0 Å². The Balaban J connectivity index is 0.000000362. The summed E-state index contributed by atoms with van der Waals surface area (Å²) in [6.07, 6.45) is 0. The molecule has 1 rings (SSSR count). The van der Waals surface area contributed by atoms with Crippen LogP contribution in [0, 0.1) is 0 Å². The highest BCUT2D eigenvalue weighted by atomic mass is 35.5. The van der Waals surface area contributed by atoms with Crippen LogP contribution in [0.2, 0.25) is 5.02 Å². The summed E-state index contributed by atoms with van der Waals surface area (Å²) < 4.78 is 57.5. The summed E-state index contributed by atoms with van der Waals surface area (Å²) in [6.45, 7) is 0. The number of primary amides is 1. The maximum atomic E-state index is 10.7. The molecule has 0 fully saturated rings. The number of phenols is 1. The number of benzene rings is 1. The molecule has 1 amide bonds. The maximum absolute atomic E-state index is 10.7. The average molecular weight is 322 g/mol. The number of halogens is 4. The molecule has 0 atom stereocenters. The van der Waals surface area contributed by atoms with Gasteiger partial charge in [0.15, 0.2) is 0 Å². The minimum Gasteiger partial charge on any atom is -0.506 e. The van der Waals surface area contributed by atoms with E-state index in [9.17, 15) is 18.0 Å². The lowest BCUT2D eigenvalue weighted by molar-refractivity contribution is -0.0510. The minimum atomic E-state index is -5.84. The lowest BCUT2D eigenvalue weighted by atomic mass is 10.2. The third-order valence-electron chi connectivity index (χ3n) is 1.52. The van der Waals surface area contributed by atoms with Gasteiger partial charge in [0.2, 0.25) is 5.91 Å². The van der Waals surface area contributed by atoms with Gasteiger partial charge in [-0.25, -0.2) is 0 Å². The molecule has 4 N–H and O–H groups in total. The largest absolute Gasteiger partial charge is 0.522 e. The predicted octanol–water partition coefficient (Wildman–Crippen LogP) is 1.54. The van der Waals surface area contributed by atoms with E-state index in [-0.39, 0.29) is 16.3 Å². The van der Waals surface area contributed by atoms with E-state index >= 15 is 0 Å². The van der Waals surface area contributed by atoms with Gasteiger partial charge in [-0.05, 0) is 18.2 Å². The Morgan fingerprint density at radius 3 is 2.00 bits per heavy atom. The van der Waals surface area contributed by atoms with Crippen LogP contribution >= 0.6 is 11.6 Å². The molecule has 1 aromatic carbocycles. The van der Waals surface area contributed by atoms with E-state index in [2.05, 4.69) is 0 Å². The first-order valence-corrected chi connectivity index (χ1v) is 6.00. The molecule has 6 nitrogen and oxygen atoms in total. The molecule has 19 heavy (non-hydrogen) atoms. The molecule has 0 spiro atoms. The fraction of sp³-hybridized carbons (Fsp3) is 0.125. The van der Waals surface area contributed by atoms with Crippen molar-refractivity contribution in [3.63, 3.8) is 0 Å². The van der Waals surface area contributed by atoms with Crippen LogP contribution in [0.25, 0.3) is 0 Å². The van der Waals surface area contributed by atoms with E-state index in [1.807, 2.05) is 0 Å². The number of amides is 1. The van der Waals surface area contributed by atoms with Gasteiger partial charge >= 0.3 is 15.6 Å². The Bertz CT molecular complexity index is 572. The molecule has 0 saturated heterocycles. The number of hydrogen-bond acceptors (Lipinski definition) is 4. The van der Waals surface area contributed by atoms with E-state index in [1.165, 1.54) is 18.2 Å². The van der Waals surface area contributed by atoms with Gasteiger partial charge in [-0.15, -0.1) is 0 Å². The molecular weight excluding hydrogens is 315 g/mol. The van der Waals surface area contributed by atoms with E-state index in [1.54, 1.807) is 0 Å². The van der Waals surface area contributed by atoms with Crippen LogP contribution in [0.15, 0.2) is 18.2 Å². The SMILES string of the molecule is NC(=O)c1ccc(O)c(Cl)c1.O=S(=O)(O)C(F)(F)F. The van der Waals surface area contributed by atoms with E-state index in [4.69, 9.17) is 35.4 Å². The van der Waals surface area contributed by atoms with Crippen molar-refractivity contribution in [2.24, 2.45) is 5.73 Å². The number of aromatic hydroxyl groups is 1. The van der Waals surface area contributed by atoms with Gasteiger partial charge in [-0.1, -0.05) is 11.6 Å². The summed E-state index contributed by atoms with van der Waals surface area (Å²) in [5.41, 5.74) is -0.296. The summed E-state index contributed by atoms with van der Waals surface area (Å²) in [5.74, 6) is -0.622. The molecule has 11 heteroatoms. The number of phenolic OH excluding ortho intramolecular Hbond substituents is 1. The van der Waals surface area contributed by atoms with Crippen molar-refractivity contribution < 1.29 is 36.0 Å². The maximum Gasteiger partial charge on any atom is 0.522 e. The van der Waals surface area contributed by atoms with Gasteiger partial charge in [0.1, 0.15) is 5.75 Å². The van der Waals surface area contributed by atoms with Gasteiger partial charge in [-0.3, -0.25) is 9.35 Å². The van der Waals surface area contributed by atoms with Crippen LogP contribution in [0.3, 0.4) is 0 Å². The molecule has 1 aromatic rings. The highest BCUT2D eigenvalue weighted by molar-refractivity contribution is 7.86. The lowest BCUT2D eigenvalue weighted by Gasteiger charge is -1.97. The van der Waals surface area contributed by atoms with Gasteiger partial charge in [-0.2, -0.15) is 21.6 Å². The molecule has 0 unspecified atom stereocenters. The van der Waals surface area contributed by atoms with Crippen molar-refractivity contribution in [2.45, 2.75) is 5.51 Å². The van der Waals surface area contributed by atoms with Crippen molar-refractivity contribution in [2.75, 3.05) is 0 Å². The summed E-state index contributed by atoms with van der Waals surface area (Å²) in [6, 6.07) is 4.05. The predicted molar refractivity (Wildman–Crippen MR) is 59.2 cm³/mol. The van der Waals surface area contributed by atoms with Crippen LogP contribution in [0.1, 0.15) is 10.4 Å². The van der Waals surface area contributed by atoms with Crippen molar-refractivity contribution in [3.8, 4) is 5.75 Å². The van der Waals surface area contributed by atoms with Crippen molar-refractivity contribution in [3.05, 3.63) is 28.8 Å².